The van der Waals surface area contributed by atoms with Crippen molar-refractivity contribution in [2.24, 2.45) is 0 Å². The zero-order chi connectivity index (χ0) is 20.5. The number of benzene rings is 2. The minimum absolute atomic E-state index is 0.0211. The fraction of sp³-hybridized carbons (Fsp3) is 0.435. The summed E-state index contributed by atoms with van der Waals surface area (Å²) in [5, 5.41) is 3.01. The third-order valence-electron chi connectivity index (χ3n) is 5.02. The average molecular weight is 398 g/mol. The average Bonchev–Trinajstić information content (AvgIpc) is 2.74. The molecule has 2 aromatic rings. The summed E-state index contributed by atoms with van der Waals surface area (Å²) in [5.74, 6) is 0.852. The summed E-state index contributed by atoms with van der Waals surface area (Å²) in [6.45, 7) is 6.15. The predicted octanol–water partition coefficient (Wildman–Crippen LogP) is 2.28. The summed E-state index contributed by atoms with van der Waals surface area (Å²) >= 11 is 0. The topological polar surface area (TPSA) is 54.0 Å². The first-order chi connectivity index (χ1) is 14.1. The monoisotopic (exact) mass is 397 g/mol. The van der Waals surface area contributed by atoms with Crippen molar-refractivity contribution in [3.05, 3.63) is 65.2 Å². The van der Waals surface area contributed by atoms with Crippen LogP contribution in [0.25, 0.3) is 0 Å². The summed E-state index contributed by atoms with van der Waals surface area (Å²) in [6, 6.07) is 16.4. The molecule has 6 nitrogen and oxygen atoms in total. The van der Waals surface area contributed by atoms with Crippen molar-refractivity contribution in [2.75, 3.05) is 47.0 Å². The number of amides is 1. The molecule has 0 saturated carbocycles. The minimum atomic E-state index is 0.0211. The Balaban J connectivity index is 1.40. The van der Waals surface area contributed by atoms with Crippen LogP contribution in [0, 0.1) is 0 Å². The van der Waals surface area contributed by atoms with Gasteiger partial charge in [0.2, 0.25) is 5.91 Å². The van der Waals surface area contributed by atoms with Gasteiger partial charge in [0.05, 0.1) is 26.9 Å². The summed E-state index contributed by atoms with van der Waals surface area (Å²) < 4.78 is 10.6. The maximum atomic E-state index is 12.3. The number of rotatable bonds is 9. The van der Waals surface area contributed by atoms with E-state index in [2.05, 4.69) is 34.5 Å². The maximum Gasteiger partial charge on any atom is 0.234 e. The molecule has 6 heteroatoms. The highest BCUT2D eigenvalue weighted by molar-refractivity contribution is 5.77. The van der Waals surface area contributed by atoms with Crippen molar-refractivity contribution in [1.82, 2.24) is 15.1 Å². The van der Waals surface area contributed by atoms with Gasteiger partial charge in [-0.25, -0.2) is 0 Å². The summed E-state index contributed by atoms with van der Waals surface area (Å²) in [5.41, 5.74) is 3.52. The van der Waals surface area contributed by atoms with Crippen LogP contribution in [-0.4, -0.2) is 62.7 Å². The molecule has 1 fully saturated rings. The number of morpholine rings is 1. The van der Waals surface area contributed by atoms with Crippen molar-refractivity contribution in [3.63, 3.8) is 0 Å². The molecule has 1 aliphatic rings. The van der Waals surface area contributed by atoms with E-state index in [0.29, 0.717) is 19.6 Å². The smallest absolute Gasteiger partial charge is 0.234 e. The quantitative estimate of drug-likeness (QED) is 0.704. The second-order valence-electron chi connectivity index (χ2n) is 7.51. The Bertz CT molecular complexity index is 773. The number of hydrogen-bond donors (Lipinski definition) is 1. The minimum Gasteiger partial charge on any atom is -0.497 e. The van der Waals surface area contributed by atoms with Gasteiger partial charge in [-0.3, -0.25) is 14.6 Å². The molecule has 1 N–H and O–H groups in total. The molecule has 0 aliphatic carbocycles. The molecule has 0 aromatic heterocycles. The van der Waals surface area contributed by atoms with Gasteiger partial charge in [0.1, 0.15) is 5.75 Å². The highest BCUT2D eigenvalue weighted by Crippen LogP contribution is 2.14. The fourth-order valence-electron chi connectivity index (χ4n) is 3.42. The number of methoxy groups -OCH3 is 1. The lowest BCUT2D eigenvalue weighted by atomic mass is 10.1. The van der Waals surface area contributed by atoms with Gasteiger partial charge in [0.25, 0.3) is 0 Å². The van der Waals surface area contributed by atoms with Crippen LogP contribution < -0.4 is 10.1 Å². The molecular weight excluding hydrogens is 366 g/mol. The van der Waals surface area contributed by atoms with Gasteiger partial charge in [-0.2, -0.15) is 0 Å². The molecule has 29 heavy (non-hydrogen) atoms. The molecule has 1 aliphatic heterocycles. The van der Waals surface area contributed by atoms with Crippen LogP contribution in [0.3, 0.4) is 0 Å². The first kappa shape index (κ1) is 21.3. The molecule has 3 rings (SSSR count). The fourth-order valence-corrected chi connectivity index (χ4v) is 3.42. The van der Waals surface area contributed by atoms with Crippen molar-refractivity contribution < 1.29 is 14.3 Å². The molecular formula is C23H31N3O3. The van der Waals surface area contributed by atoms with Crippen molar-refractivity contribution in [3.8, 4) is 5.75 Å². The number of nitrogens with one attached hydrogen (secondary N) is 1. The summed E-state index contributed by atoms with van der Waals surface area (Å²) in [4.78, 5) is 16.7. The number of nitrogens with zero attached hydrogens (tertiary/aromatic N) is 2. The molecule has 1 heterocycles. The van der Waals surface area contributed by atoms with Gasteiger partial charge < -0.3 is 14.8 Å². The van der Waals surface area contributed by atoms with E-state index in [1.807, 2.05) is 36.2 Å². The normalized spacial score (nSPS) is 14.7. The number of carbonyl (C=O) groups excluding carboxylic acids is 1. The van der Waals surface area contributed by atoms with E-state index >= 15 is 0 Å². The molecule has 0 bridgehead atoms. The largest absolute Gasteiger partial charge is 0.497 e. The third-order valence-corrected chi connectivity index (χ3v) is 5.02. The van der Waals surface area contributed by atoms with Crippen LogP contribution in [0.2, 0.25) is 0 Å². The van der Waals surface area contributed by atoms with Crippen LogP contribution in [0.15, 0.2) is 48.5 Å². The van der Waals surface area contributed by atoms with Gasteiger partial charge in [-0.05, 0) is 35.9 Å². The Labute approximate surface area is 173 Å². The summed E-state index contributed by atoms with van der Waals surface area (Å²) in [7, 11) is 3.60. The third kappa shape index (κ3) is 7.16. The first-order valence-corrected chi connectivity index (χ1v) is 10.1. The van der Waals surface area contributed by atoms with Crippen LogP contribution in [-0.2, 0) is 29.2 Å². The lowest BCUT2D eigenvalue weighted by Crippen LogP contribution is -2.35. The van der Waals surface area contributed by atoms with Crippen LogP contribution in [0.4, 0.5) is 0 Å². The number of ether oxygens (including phenoxy) is 2. The molecule has 2 aromatic carbocycles. The van der Waals surface area contributed by atoms with Crippen molar-refractivity contribution in [1.29, 1.82) is 0 Å². The van der Waals surface area contributed by atoms with Gasteiger partial charge in [-0.15, -0.1) is 0 Å². The predicted molar refractivity (Wildman–Crippen MR) is 114 cm³/mol. The Kier molecular flexibility index (Phi) is 8.04. The molecule has 1 amide bonds. The number of carbonyl (C=O) groups is 1. The van der Waals surface area contributed by atoms with E-state index < -0.39 is 0 Å². The zero-order valence-electron chi connectivity index (χ0n) is 17.4. The van der Waals surface area contributed by atoms with Gasteiger partial charge >= 0.3 is 0 Å². The van der Waals surface area contributed by atoms with Crippen LogP contribution in [0.5, 0.6) is 5.75 Å². The Morgan fingerprint density at radius 1 is 1.10 bits per heavy atom. The number of likely N-dealkylation sites (N-methyl/N-ethyl adjacent to an activating group) is 1. The highest BCUT2D eigenvalue weighted by Gasteiger charge is 2.11. The van der Waals surface area contributed by atoms with Crippen LogP contribution in [0.1, 0.15) is 16.7 Å². The van der Waals surface area contributed by atoms with E-state index in [4.69, 9.17) is 9.47 Å². The summed E-state index contributed by atoms with van der Waals surface area (Å²) in [6.07, 6.45) is 0. The van der Waals surface area contributed by atoms with Gasteiger partial charge in [-0.1, -0.05) is 36.4 Å². The van der Waals surface area contributed by atoms with Crippen molar-refractivity contribution in [2.45, 2.75) is 19.6 Å². The second kappa shape index (κ2) is 11.0. The zero-order valence-corrected chi connectivity index (χ0v) is 17.4. The molecule has 0 unspecified atom stereocenters. The number of hydrogen-bond acceptors (Lipinski definition) is 5. The van der Waals surface area contributed by atoms with Gasteiger partial charge in [0.15, 0.2) is 0 Å². The maximum absolute atomic E-state index is 12.3. The molecule has 0 atom stereocenters. The Morgan fingerprint density at radius 3 is 2.55 bits per heavy atom. The molecule has 156 valence electrons. The molecule has 1 saturated heterocycles. The lowest BCUT2D eigenvalue weighted by molar-refractivity contribution is -0.122. The van der Waals surface area contributed by atoms with Crippen molar-refractivity contribution >= 4 is 5.91 Å². The first-order valence-electron chi connectivity index (χ1n) is 10.1. The molecule has 0 radical (unpaired) electrons. The van der Waals surface area contributed by atoms with E-state index in [1.165, 1.54) is 5.56 Å². The van der Waals surface area contributed by atoms with E-state index in [9.17, 15) is 4.79 Å². The van der Waals surface area contributed by atoms with Crippen LogP contribution >= 0.6 is 0 Å². The SMILES string of the molecule is COc1cccc(CN(C)CC(=O)NCc2ccc(CN3CCOCC3)cc2)c1. The Hall–Kier alpha value is -2.41. The van der Waals surface area contributed by atoms with E-state index in [-0.39, 0.29) is 5.91 Å². The highest BCUT2D eigenvalue weighted by atomic mass is 16.5. The lowest BCUT2D eigenvalue weighted by Gasteiger charge is -2.26. The van der Waals surface area contributed by atoms with E-state index in [1.54, 1.807) is 7.11 Å². The second-order valence-corrected chi connectivity index (χ2v) is 7.51. The standard InChI is InChI=1S/C23H31N3O3/c1-25(16-21-4-3-5-22(14-21)28-2)18-23(27)24-15-19-6-8-20(9-7-19)17-26-10-12-29-13-11-26/h3-9,14H,10-13,15-18H2,1-2H3,(H,24,27). The molecule has 0 spiro atoms. The Morgan fingerprint density at radius 2 is 1.83 bits per heavy atom. The van der Waals surface area contributed by atoms with Gasteiger partial charge in [0, 0.05) is 32.7 Å². The van der Waals surface area contributed by atoms with E-state index in [0.717, 1.165) is 49.7 Å².